The van der Waals surface area contributed by atoms with Crippen molar-refractivity contribution >= 4 is 38.7 Å². The number of carbonyl (C=O) groups is 1. The largest absolute Gasteiger partial charge is 0.465 e. The maximum absolute atomic E-state index is 13.4. The zero-order valence-electron chi connectivity index (χ0n) is 10.8. The number of hydrogen-bond acceptors (Lipinski definition) is 6. The molecule has 0 aliphatic carbocycles. The second-order valence-electron chi connectivity index (χ2n) is 3.94. The van der Waals surface area contributed by atoms with Gasteiger partial charge in [-0.2, -0.15) is 0 Å². The fourth-order valence-electron chi connectivity index (χ4n) is 1.52. The zero-order chi connectivity index (χ0) is 15.6. The molecule has 1 heterocycles. The number of rotatable bonds is 4. The maximum Gasteiger partial charge on any atom is 0.350 e. The zero-order valence-corrected chi connectivity index (χ0v) is 12.4. The van der Waals surface area contributed by atoms with Gasteiger partial charge >= 0.3 is 5.97 Å². The minimum Gasteiger partial charge on any atom is -0.465 e. The van der Waals surface area contributed by atoms with Gasteiger partial charge in [0.05, 0.1) is 23.4 Å². The molecule has 21 heavy (non-hydrogen) atoms. The van der Waals surface area contributed by atoms with E-state index in [0.29, 0.717) is 0 Å². The molecule has 0 aliphatic rings. The molecule has 0 saturated carbocycles. The van der Waals surface area contributed by atoms with Crippen LogP contribution in [0.15, 0.2) is 34.5 Å². The third kappa shape index (κ3) is 3.14. The van der Waals surface area contributed by atoms with Crippen LogP contribution < -0.4 is 10.5 Å². The lowest BCUT2D eigenvalue weighted by Gasteiger charge is -2.08. The van der Waals surface area contributed by atoms with Gasteiger partial charge in [0.25, 0.3) is 10.0 Å². The van der Waals surface area contributed by atoms with Gasteiger partial charge < -0.3 is 10.5 Å². The lowest BCUT2D eigenvalue weighted by atomic mass is 10.3. The molecule has 0 atom stereocenters. The molecule has 3 N–H and O–H groups in total. The lowest BCUT2D eigenvalue weighted by molar-refractivity contribution is 0.0607. The number of sulfonamides is 1. The van der Waals surface area contributed by atoms with Crippen LogP contribution in [0.25, 0.3) is 0 Å². The second-order valence-corrected chi connectivity index (χ2v) is 6.54. The van der Waals surface area contributed by atoms with E-state index in [1.54, 1.807) is 0 Å². The van der Waals surface area contributed by atoms with Gasteiger partial charge in [0.1, 0.15) is 10.7 Å². The number of benzene rings is 1. The number of nitrogen functional groups attached to an aromatic ring is 1. The minimum absolute atomic E-state index is 0.0732. The summed E-state index contributed by atoms with van der Waals surface area (Å²) >= 11 is 1.03. The Kier molecular flexibility index (Phi) is 4.14. The lowest BCUT2D eigenvalue weighted by Crippen LogP contribution is -2.15. The normalized spacial score (nSPS) is 11.1. The number of ether oxygens (including phenoxy) is 1. The number of methoxy groups -OCH3 is 1. The number of hydrogen-bond donors (Lipinski definition) is 2. The summed E-state index contributed by atoms with van der Waals surface area (Å²) < 4.78 is 44.5. The highest BCUT2D eigenvalue weighted by atomic mass is 32.2. The second kappa shape index (κ2) is 5.70. The fraction of sp³-hybridized carbons (Fsp3) is 0.0833. The fourth-order valence-corrected chi connectivity index (χ4v) is 3.43. The van der Waals surface area contributed by atoms with Crippen molar-refractivity contribution in [3.05, 3.63) is 40.3 Å². The van der Waals surface area contributed by atoms with Crippen LogP contribution in [0, 0.1) is 5.82 Å². The van der Waals surface area contributed by atoms with Gasteiger partial charge in [-0.1, -0.05) is 0 Å². The van der Waals surface area contributed by atoms with Crippen LogP contribution in [0.4, 0.5) is 15.8 Å². The Bertz CT molecular complexity index is 786. The third-order valence-electron chi connectivity index (χ3n) is 2.56. The Balaban J connectivity index is 2.36. The van der Waals surface area contributed by atoms with E-state index in [4.69, 9.17) is 5.73 Å². The predicted molar refractivity (Wildman–Crippen MR) is 77.3 cm³/mol. The molecule has 0 radical (unpaired) electrons. The van der Waals surface area contributed by atoms with Gasteiger partial charge in [0.15, 0.2) is 0 Å². The molecule has 0 spiro atoms. The minimum atomic E-state index is -4.03. The van der Waals surface area contributed by atoms with Crippen molar-refractivity contribution in [1.29, 1.82) is 0 Å². The molecule has 2 aromatic rings. The van der Waals surface area contributed by atoms with Gasteiger partial charge in [0, 0.05) is 0 Å². The number of esters is 1. The average Bonchev–Trinajstić information content (AvgIpc) is 2.88. The number of nitrogens with two attached hydrogens (primary N) is 1. The Hall–Kier alpha value is -2.13. The van der Waals surface area contributed by atoms with Crippen molar-refractivity contribution in [2.75, 3.05) is 17.6 Å². The van der Waals surface area contributed by atoms with Gasteiger partial charge in [-0.05, 0) is 29.6 Å². The maximum atomic E-state index is 13.4. The smallest absolute Gasteiger partial charge is 0.350 e. The van der Waals surface area contributed by atoms with Gasteiger partial charge in [-0.15, -0.1) is 11.3 Å². The Morgan fingerprint density at radius 2 is 2.10 bits per heavy atom. The monoisotopic (exact) mass is 330 g/mol. The first-order valence-corrected chi connectivity index (χ1v) is 7.95. The van der Waals surface area contributed by atoms with Crippen molar-refractivity contribution in [2.24, 2.45) is 0 Å². The highest BCUT2D eigenvalue weighted by Gasteiger charge is 2.21. The van der Waals surface area contributed by atoms with Crippen molar-refractivity contribution in [3.8, 4) is 0 Å². The molecule has 0 unspecified atom stereocenters. The summed E-state index contributed by atoms with van der Waals surface area (Å²) in [6.07, 6.45) is 0. The van der Waals surface area contributed by atoms with Crippen molar-refractivity contribution in [1.82, 2.24) is 0 Å². The first kappa shape index (κ1) is 15.3. The molecule has 6 nitrogen and oxygen atoms in total. The average molecular weight is 330 g/mol. The van der Waals surface area contributed by atoms with Crippen LogP contribution in [-0.4, -0.2) is 21.5 Å². The summed E-state index contributed by atoms with van der Waals surface area (Å²) in [6.45, 7) is 0. The van der Waals surface area contributed by atoms with Gasteiger partial charge in [0.2, 0.25) is 0 Å². The van der Waals surface area contributed by atoms with Gasteiger partial charge in [-0.25, -0.2) is 17.6 Å². The molecule has 0 amide bonds. The van der Waals surface area contributed by atoms with E-state index >= 15 is 0 Å². The van der Waals surface area contributed by atoms with E-state index in [9.17, 15) is 17.6 Å². The summed E-state index contributed by atoms with van der Waals surface area (Å²) in [5.41, 5.74) is 5.22. The van der Waals surface area contributed by atoms with E-state index in [0.717, 1.165) is 23.5 Å². The molecular formula is C12H11FN2O4S2. The summed E-state index contributed by atoms with van der Waals surface area (Å²) in [7, 11) is -2.84. The first-order valence-electron chi connectivity index (χ1n) is 5.59. The Morgan fingerprint density at radius 3 is 2.71 bits per heavy atom. The molecule has 0 aliphatic heterocycles. The van der Waals surface area contributed by atoms with E-state index in [1.807, 2.05) is 0 Å². The molecule has 0 bridgehead atoms. The molecular weight excluding hydrogens is 319 g/mol. The first-order chi connectivity index (χ1) is 9.85. The molecule has 0 saturated heterocycles. The van der Waals surface area contributed by atoms with E-state index in [2.05, 4.69) is 9.46 Å². The Labute approximate surface area is 124 Å². The number of anilines is 2. The quantitative estimate of drug-likeness (QED) is 0.660. The van der Waals surface area contributed by atoms with Crippen molar-refractivity contribution in [2.45, 2.75) is 4.90 Å². The SMILES string of the molecule is COC(=O)c1sccc1NS(=O)(=O)c1ccc(N)c(F)c1. The van der Waals surface area contributed by atoms with Crippen LogP contribution in [0.5, 0.6) is 0 Å². The van der Waals surface area contributed by atoms with Crippen molar-refractivity contribution < 1.29 is 22.3 Å². The number of thiophene rings is 1. The van der Waals surface area contributed by atoms with Crippen molar-refractivity contribution in [3.63, 3.8) is 0 Å². The summed E-state index contributed by atoms with van der Waals surface area (Å²) in [5.74, 6) is -1.50. The van der Waals surface area contributed by atoms with Crippen LogP contribution in [-0.2, 0) is 14.8 Å². The van der Waals surface area contributed by atoms with Crippen LogP contribution in [0.2, 0.25) is 0 Å². The highest BCUT2D eigenvalue weighted by molar-refractivity contribution is 7.92. The number of nitrogens with one attached hydrogen (secondary N) is 1. The van der Waals surface area contributed by atoms with E-state index in [1.165, 1.54) is 24.6 Å². The molecule has 1 aromatic carbocycles. The molecule has 112 valence electrons. The Morgan fingerprint density at radius 1 is 1.38 bits per heavy atom. The van der Waals surface area contributed by atoms with Gasteiger partial charge in [-0.3, -0.25) is 4.72 Å². The third-order valence-corrected chi connectivity index (χ3v) is 4.82. The predicted octanol–water partition coefficient (Wildman–Crippen LogP) is 2.06. The summed E-state index contributed by atoms with van der Waals surface area (Å²) in [4.78, 5) is 11.3. The standard InChI is InChI=1S/C12H11FN2O4S2/c1-19-12(16)11-10(4-5-20-11)15-21(17,18)7-2-3-9(14)8(13)6-7/h2-6,15H,14H2,1H3. The topological polar surface area (TPSA) is 98.5 Å². The van der Waals surface area contributed by atoms with Crippen LogP contribution in [0.3, 0.4) is 0 Å². The van der Waals surface area contributed by atoms with E-state index in [-0.39, 0.29) is 21.1 Å². The number of halogens is 1. The number of carbonyl (C=O) groups excluding carboxylic acids is 1. The summed E-state index contributed by atoms with van der Waals surface area (Å²) in [6, 6.07) is 4.55. The molecule has 0 fully saturated rings. The van der Waals surface area contributed by atoms with Crippen LogP contribution in [0.1, 0.15) is 9.67 Å². The molecule has 2 rings (SSSR count). The molecule has 9 heteroatoms. The summed E-state index contributed by atoms with van der Waals surface area (Å²) in [5, 5.41) is 1.54. The van der Waals surface area contributed by atoms with E-state index < -0.39 is 21.8 Å². The van der Waals surface area contributed by atoms with Crippen LogP contribution >= 0.6 is 11.3 Å². The highest BCUT2D eigenvalue weighted by Crippen LogP contribution is 2.26. The molecule has 1 aromatic heterocycles.